The molecule has 0 aliphatic carbocycles. The van der Waals surface area contributed by atoms with Crippen LogP contribution in [0.1, 0.15) is 27.3 Å². The van der Waals surface area contributed by atoms with Gasteiger partial charge in [0.2, 0.25) is 0 Å². The summed E-state index contributed by atoms with van der Waals surface area (Å²) in [5.74, 6) is -1.25. The average Bonchev–Trinajstić information content (AvgIpc) is 3.21. The number of imidazole rings is 1. The van der Waals surface area contributed by atoms with E-state index in [0.717, 1.165) is 22.7 Å². The molecule has 1 heterocycles. The van der Waals surface area contributed by atoms with E-state index in [4.69, 9.17) is 21.3 Å². The van der Waals surface area contributed by atoms with Gasteiger partial charge in [-0.2, -0.15) is 0 Å². The molecule has 0 aliphatic rings. The first kappa shape index (κ1) is 23.5. The van der Waals surface area contributed by atoms with Crippen molar-refractivity contribution in [3.63, 3.8) is 0 Å². The zero-order valence-corrected chi connectivity index (χ0v) is 19.6. The second kappa shape index (κ2) is 10.1. The Morgan fingerprint density at radius 2 is 1.53 bits per heavy atom. The molecule has 0 atom stereocenters. The van der Waals surface area contributed by atoms with Crippen LogP contribution in [0.4, 0.5) is 8.78 Å². The van der Waals surface area contributed by atoms with Gasteiger partial charge in [-0.1, -0.05) is 54.1 Å². The number of aromatic nitrogens is 2. The van der Waals surface area contributed by atoms with Crippen LogP contribution in [-0.2, 0) is 11.3 Å². The minimum atomic E-state index is -0.773. The molecule has 4 nitrogen and oxygen atoms in total. The van der Waals surface area contributed by atoms with Crippen LogP contribution in [0, 0.1) is 11.6 Å². The Bertz CT molecular complexity index is 1590. The summed E-state index contributed by atoms with van der Waals surface area (Å²) in [7, 11) is 0. The summed E-state index contributed by atoms with van der Waals surface area (Å²) >= 11 is 6.05. The second-order valence-corrected chi connectivity index (χ2v) is 8.53. The molecule has 178 valence electrons. The maximum atomic E-state index is 14.1. The fourth-order valence-corrected chi connectivity index (χ4v) is 3.97. The first-order valence-electron chi connectivity index (χ1n) is 11.1. The molecule has 0 saturated heterocycles. The number of rotatable bonds is 6. The number of fused-ring (bicyclic) bond motifs is 1. The van der Waals surface area contributed by atoms with Crippen LogP contribution in [0.5, 0.6) is 0 Å². The van der Waals surface area contributed by atoms with E-state index in [1.807, 2.05) is 53.1 Å². The standard InChI is InChI=1S/C29H19ClF2N2O2/c30-22-13-11-19(12-14-22)18-34-26-10-2-1-9-25(26)33-28(34)17-27(20-5-3-7-23(31)15-20)36-29(35)21-6-4-8-24(32)16-21/h1-17H,18H2/b27-17-. The Kier molecular flexibility index (Phi) is 6.60. The number of carbonyl (C=O) groups is 1. The Labute approximate surface area is 211 Å². The molecule has 1 aromatic heterocycles. The molecule has 4 aromatic carbocycles. The molecule has 0 spiro atoms. The maximum absolute atomic E-state index is 14.1. The average molecular weight is 501 g/mol. The lowest BCUT2D eigenvalue weighted by molar-refractivity contribution is 0.0693. The number of esters is 1. The van der Waals surface area contributed by atoms with Crippen molar-refractivity contribution in [3.05, 3.63) is 136 Å². The van der Waals surface area contributed by atoms with E-state index < -0.39 is 17.6 Å². The molecular weight excluding hydrogens is 482 g/mol. The van der Waals surface area contributed by atoms with Gasteiger partial charge in [0.15, 0.2) is 0 Å². The van der Waals surface area contributed by atoms with Crippen LogP contribution in [0.15, 0.2) is 97.1 Å². The first-order chi connectivity index (χ1) is 17.5. The van der Waals surface area contributed by atoms with Crippen molar-refractivity contribution >= 4 is 40.4 Å². The van der Waals surface area contributed by atoms with Crippen molar-refractivity contribution in [3.8, 4) is 0 Å². The van der Waals surface area contributed by atoms with E-state index in [2.05, 4.69) is 0 Å². The normalized spacial score (nSPS) is 11.6. The SMILES string of the molecule is O=C(O/C(=C\c1nc2ccccc2n1Cc1ccc(Cl)cc1)c1cccc(F)c1)c1cccc(F)c1. The Morgan fingerprint density at radius 1 is 0.861 bits per heavy atom. The van der Waals surface area contributed by atoms with E-state index in [-0.39, 0.29) is 11.3 Å². The third-order valence-corrected chi connectivity index (χ3v) is 5.82. The molecule has 0 amide bonds. The molecule has 0 saturated carbocycles. The van der Waals surface area contributed by atoms with Crippen molar-refractivity contribution < 1.29 is 18.3 Å². The summed E-state index contributed by atoms with van der Waals surface area (Å²) in [6, 6.07) is 26.0. The van der Waals surface area contributed by atoms with Gasteiger partial charge in [0.1, 0.15) is 23.2 Å². The highest BCUT2D eigenvalue weighted by Gasteiger charge is 2.17. The maximum Gasteiger partial charge on any atom is 0.343 e. The summed E-state index contributed by atoms with van der Waals surface area (Å²) < 4.78 is 35.4. The quantitative estimate of drug-likeness (QED) is 0.180. The van der Waals surface area contributed by atoms with Crippen molar-refractivity contribution in [1.29, 1.82) is 0 Å². The Hall–Kier alpha value is -4.29. The molecule has 0 radical (unpaired) electrons. The van der Waals surface area contributed by atoms with E-state index in [1.54, 1.807) is 12.1 Å². The predicted octanol–water partition coefficient (Wildman–Crippen LogP) is 7.37. The lowest BCUT2D eigenvalue weighted by Gasteiger charge is -2.12. The van der Waals surface area contributed by atoms with Gasteiger partial charge in [-0.3, -0.25) is 0 Å². The molecule has 0 fully saturated rings. The molecule has 7 heteroatoms. The number of hydrogen-bond acceptors (Lipinski definition) is 3. The molecular formula is C29H19ClF2N2O2. The number of para-hydroxylation sites is 2. The monoisotopic (exact) mass is 500 g/mol. The van der Waals surface area contributed by atoms with E-state index >= 15 is 0 Å². The summed E-state index contributed by atoms with van der Waals surface area (Å²) in [5, 5.41) is 0.631. The third-order valence-electron chi connectivity index (χ3n) is 5.57. The number of nitrogens with zero attached hydrogens (tertiary/aromatic N) is 2. The zero-order valence-electron chi connectivity index (χ0n) is 18.9. The number of carbonyl (C=O) groups excluding carboxylic acids is 1. The number of halogens is 3. The highest BCUT2D eigenvalue weighted by molar-refractivity contribution is 6.30. The van der Waals surface area contributed by atoms with Gasteiger partial charge in [0, 0.05) is 23.2 Å². The summed E-state index contributed by atoms with van der Waals surface area (Å²) in [4.78, 5) is 17.6. The van der Waals surface area contributed by atoms with Gasteiger partial charge >= 0.3 is 5.97 Å². The summed E-state index contributed by atoms with van der Waals surface area (Å²) in [5.41, 5.74) is 2.97. The van der Waals surface area contributed by atoms with Gasteiger partial charge in [-0.25, -0.2) is 18.6 Å². The van der Waals surface area contributed by atoms with Crippen LogP contribution in [0.25, 0.3) is 22.9 Å². The molecule has 0 bridgehead atoms. The van der Waals surface area contributed by atoms with Crippen molar-refractivity contribution in [1.82, 2.24) is 9.55 Å². The third kappa shape index (κ3) is 5.19. The fourth-order valence-electron chi connectivity index (χ4n) is 3.85. The van der Waals surface area contributed by atoms with Gasteiger partial charge in [-0.05, 0) is 60.2 Å². The number of benzene rings is 4. The van der Waals surface area contributed by atoms with Crippen LogP contribution in [0.2, 0.25) is 5.02 Å². The zero-order chi connectivity index (χ0) is 25.1. The molecule has 5 aromatic rings. The lowest BCUT2D eigenvalue weighted by atomic mass is 10.1. The fraction of sp³-hybridized carbons (Fsp3) is 0.0345. The smallest absolute Gasteiger partial charge is 0.343 e. The van der Waals surface area contributed by atoms with Gasteiger partial charge in [0.25, 0.3) is 0 Å². The number of ether oxygens (including phenoxy) is 1. The van der Waals surface area contributed by atoms with E-state index in [1.165, 1.54) is 36.4 Å². The van der Waals surface area contributed by atoms with Crippen molar-refractivity contribution in [2.24, 2.45) is 0 Å². The predicted molar refractivity (Wildman–Crippen MR) is 136 cm³/mol. The summed E-state index contributed by atoms with van der Waals surface area (Å²) in [6.07, 6.45) is 1.59. The lowest BCUT2D eigenvalue weighted by Crippen LogP contribution is -2.07. The number of hydrogen-bond donors (Lipinski definition) is 0. The highest BCUT2D eigenvalue weighted by atomic mass is 35.5. The molecule has 0 unspecified atom stereocenters. The van der Waals surface area contributed by atoms with Crippen LogP contribution >= 0.6 is 11.6 Å². The van der Waals surface area contributed by atoms with Crippen LogP contribution < -0.4 is 0 Å². The highest BCUT2D eigenvalue weighted by Crippen LogP contribution is 2.26. The van der Waals surface area contributed by atoms with Crippen molar-refractivity contribution in [2.45, 2.75) is 6.54 Å². The Morgan fingerprint density at radius 3 is 2.25 bits per heavy atom. The van der Waals surface area contributed by atoms with Gasteiger partial charge in [-0.15, -0.1) is 0 Å². The van der Waals surface area contributed by atoms with Gasteiger partial charge in [0.05, 0.1) is 16.6 Å². The van der Waals surface area contributed by atoms with Crippen molar-refractivity contribution in [2.75, 3.05) is 0 Å². The van der Waals surface area contributed by atoms with Crippen LogP contribution in [0.3, 0.4) is 0 Å². The van der Waals surface area contributed by atoms with Crippen LogP contribution in [-0.4, -0.2) is 15.5 Å². The van der Waals surface area contributed by atoms with E-state index in [0.29, 0.717) is 23.0 Å². The minimum Gasteiger partial charge on any atom is -0.422 e. The molecule has 0 aliphatic heterocycles. The molecule has 5 rings (SSSR count). The van der Waals surface area contributed by atoms with E-state index in [9.17, 15) is 13.6 Å². The van der Waals surface area contributed by atoms with Gasteiger partial charge < -0.3 is 9.30 Å². The molecule has 0 N–H and O–H groups in total. The molecule has 36 heavy (non-hydrogen) atoms. The summed E-state index contributed by atoms with van der Waals surface area (Å²) in [6.45, 7) is 0.470. The minimum absolute atomic E-state index is 0.0342. The largest absolute Gasteiger partial charge is 0.422 e. The first-order valence-corrected chi connectivity index (χ1v) is 11.5. The second-order valence-electron chi connectivity index (χ2n) is 8.09. The Balaban J connectivity index is 1.61. The topological polar surface area (TPSA) is 44.1 Å².